The Balaban J connectivity index is 0.00000450. The van der Waals surface area contributed by atoms with Crippen molar-refractivity contribution in [1.29, 1.82) is 5.26 Å². The van der Waals surface area contributed by atoms with Crippen LogP contribution in [0.5, 0.6) is 0 Å². The first kappa shape index (κ1) is 25.7. The van der Waals surface area contributed by atoms with E-state index in [-0.39, 0.29) is 30.6 Å². The minimum Gasteiger partial charge on any atom is -0.367 e. The summed E-state index contributed by atoms with van der Waals surface area (Å²) in [4.78, 5) is 4.51. The van der Waals surface area contributed by atoms with Crippen LogP contribution in [0.2, 0.25) is 0 Å². The predicted octanol–water partition coefficient (Wildman–Crippen LogP) is 4.51. The van der Waals surface area contributed by atoms with E-state index in [0.717, 1.165) is 11.1 Å². The second kappa shape index (κ2) is 13.1. The van der Waals surface area contributed by atoms with E-state index in [1.54, 1.807) is 24.3 Å². The summed E-state index contributed by atoms with van der Waals surface area (Å²) < 4.78 is 41.0. The van der Waals surface area contributed by atoms with Gasteiger partial charge >= 0.3 is 6.18 Å². The van der Waals surface area contributed by atoms with E-state index in [4.69, 9.17) is 5.26 Å². The molecule has 2 aromatic rings. The number of hydrogen-bond acceptors (Lipinski definition) is 3. The number of nitrogens with zero attached hydrogens (tertiary/aromatic N) is 2. The molecule has 5 nitrogen and oxygen atoms in total. The number of benzene rings is 2. The highest BCUT2D eigenvalue weighted by atomic mass is 127. The van der Waals surface area contributed by atoms with Crippen LogP contribution in [0.25, 0.3) is 0 Å². The fraction of sp³-hybridized carbons (Fsp3) is 0.333. The Morgan fingerprint density at radius 3 is 2.40 bits per heavy atom. The average Bonchev–Trinajstić information content (AvgIpc) is 2.70. The third-order valence-corrected chi connectivity index (χ3v) is 3.84. The van der Waals surface area contributed by atoms with Gasteiger partial charge in [-0.3, -0.25) is 0 Å². The van der Waals surface area contributed by atoms with E-state index >= 15 is 0 Å². The van der Waals surface area contributed by atoms with Crippen LogP contribution in [0, 0.1) is 11.3 Å². The maximum atomic E-state index is 12.1. The summed E-state index contributed by atoms with van der Waals surface area (Å²) >= 11 is 0. The molecule has 0 amide bonds. The van der Waals surface area contributed by atoms with Gasteiger partial charge in [-0.15, -0.1) is 24.0 Å². The number of alkyl halides is 3. The number of halogens is 4. The first-order valence-electron chi connectivity index (χ1n) is 9.13. The van der Waals surface area contributed by atoms with E-state index in [2.05, 4.69) is 26.4 Å². The van der Waals surface area contributed by atoms with Crippen LogP contribution in [0.15, 0.2) is 53.5 Å². The Morgan fingerprint density at radius 2 is 1.77 bits per heavy atom. The standard InChI is InChI=1S/C21H23F3N4O.HI/c1-2-26-20(28-13-19-5-3-4-18(10-19)11-25)27-12-16-6-8-17(9-7-16)14-29-15-21(22,23)24;/h3-10H,2,12-15H2,1H3,(H2,26,27,28);1H. The molecule has 2 aromatic carbocycles. The van der Waals surface area contributed by atoms with Gasteiger partial charge in [0, 0.05) is 13.1 Å². The lowest BCUT2D eigenvalue weighted by Crippen LogP contribution is -2.36. The zero-order chi connectivity index (χ0) is 21.1. The van der Waals surface area contributed by atoms with Crippen molar-refractivity contribution in [3.05, 3.63) is 70.8 Å². The second-order valence-electron chi connectivity index (χ2n) is 6.29. The van der Waals surface area contributed by atoms with Gasteiger partial charge in [-0.2, -0.15) is 18.4 Å². The van der Waals surface area contributed by atoms with Gasteiger partial charge in [0.25, 0.3) is 0 Å². The number of hydrogen-bond donors (Lipinski definition) is 2. The molecule has 0 heterocycles. The fourth-order valence-electron chi connectivity index (χ4n) is 2.48. The smallest absolute Gasteiger partial charge is 0.367 e. The number of rotatable bonds is 8. The molecule has 0 aliphatic carbocycles. The number of nitrogens with one attached hydrogen (secondary N) is 2. The lowest BCUT2D eigenvalue weighted by Gasteiger charge is -2.12. The quantitative estimate of drug-likeness (QED) is 0.298. The molecule has 0 saturated carbocycles. The monoisotopic (exact) mass is 532 g/mol. The molecule has 0 fully saturated rings. The predicted molar refractivity (Wildman–Crippen MR) is 120 cm³/mol. The highest BCUT2D eigenvalue weighted by Gasteiger charge is 2.27. The van der Waals surface area contributed by atoms with Crippen molar-refractivity contribution in [1.82, 2.24) is 10.6 Å². The Morgan fingerprint density at radius 1 is 1.07 bits per heavy atom. The maximum absolute atomic E-state index is 12.1. The molecule has 0 atom stereocenters. The van der Waals surface area contributed by atoms with Crippen LogP contribution in [0.1, 0.15) is 29.2 Å². The molecule has 0 aliphatic heterocycles. The highest BCUT2D eigenvalue weighted by Crippen LogP contribution is 2.15. The molecule has 2 rings (SSSR count). The maximum Gasteiger partial charge on any atom is 0.411 e. The van der Waals surface area contributed by atoms with E-state index in [9.17, 15) is 13.2 Å². The summed E-state index contributed by atoms with van der Waals surface area (Å²) in [5.41, 5.74) is 3.16. The lowest BCUT2D eigenvalue weighted by molar-refractivity contribution is -0.176. The van der Waals surface area contributed by atoms with Crippen molar-refractivity contribution in [2.24, 2.45) is 4.99 Å². The van der Waals surface area contributed by atoms with Crippen LogP contribution in [0.3, 0.4) is 0 Å². The molecule has 162 valence electrons. The molecule has 0 spiro atoms. The van der Waals surface area contributed by atoms with Crippen LogP contribution < -0.4 is 10.6 Å². The van der Waals surface area contributed by atoms with Gasteiger partial charge < -0.3 is 15.4 Å². The Hall–Kier alpha value is -2.32. The lowest BCUT2D eigenvalue weighted by atomic mass is 10.1. The average molecular weight is 532 g/mol. The SMILES string of the molecule is CCNC(=NCc1cccc(C#N)c1)NCc1ccc(COCC(F)(F)F)cc1.I. The minimum atomic E-state index is -4.32. The van der Waals surface area contributed by atoms with Gasteiger partial charge in [-0.05, 0) is 35.7 Å². The summed E-state index contributed by atoms with van der Waals surface area (Å²) in [6, 6.07) is 16.5. The van der Waals surface area contributed by atoms with Gasteiger partial charge in [0.2, 0.25) is 0 Å². The zero-order valence-corrected chi connectivity index (χ0v) is 18.8. The van der Waals surface area contributed by atoms with E-state index in [0.29, 0.717) is 36.7 Å². The van der Waals surface area contributed by atoms with E-state index in [1.165, 1.54) is 0 Å². The minimum absolute atomic E-state index is 0. The molecule has 30 heavy (non-hydrogen) atoms. The molecular formula is C21H24F3IN4O. The van der Waals surface area contributed by atoms with E-state index in [1.807, 2.05) is 31.2 Å². The summed E-state index contributed by atoms with van der Waals surface area (Å²) in [6.45, 7) is 2.26. The van der Waals surface area contributed by atoms with Gasteiger partial charge in [0.15, 0.2) is 5.96 Å². The van der Waals surface area contributed by atoms with Crippen molar-refractivity contribution in [2.45, 2.75) is 32.8 Å². The van der Waals surface area contributed by atoms with Crippen molar-refractivity contribution >= 4 is 29.9 Å². The fourth-order valence-corrected chi connectivity index (χ4v) is 2.48. The molecular weight excluding hydrogens is 508 g/mol. The Labute approximate surface area is 191 Å². The zero-order valence-electron chi connectivity index (χ0n) is 16.5. The van der Waals surface area contributed by atoms with Gasteiger partial charge in [0.1, 0.15) is 6.61 Å². The first-order chi connectivity index (χ1) is 13.9. The molecule has 0 bridgehead atoms. The number of guanidine groups is 1. The van der Waals surface area contributed by atoms with Crippen LogP contribution in [-0.4, -0.2) is 25.3 Å². The number of ether oxygens (including phenoxy) is 1. The molecule has 0 aliphatic rings. The Bertz CT molecular complexity index is 849. The van der Waals surface area contributed by atoms with Crippen molar-refractivity contribution in [3.8, 4) is 6.07 Å². The number of aliphatic imine (C=N–C) groups is 1. The highest BCUT2D eigenvalue weighted by molar-refractivity contribution is 14.0. The molecule has 0 aromatic heterocycles. The topological polar surface area (TPSA) is 69.4 Å². The number of nitriles is 1. The van der Waals surface area contributed by atoms with Crippen molar-refractivity contribution in [3.63, 3.8) is 0 Å². The van der Waals surface area contributed by atoms with Crippen molar-refractivity contribution in [2.75, 3.05) is 13.2 Å². The summed E-state index contributed by atoms with van der Waals surface area (Å²) in [7, 11) is 0. The molecule has 0 saturated heterocycles. The molecule has 9 heteroatoms. The summed E-state index contributed by atoms with van der Waals surface area (Å²) in [5.74, 6) is 0.632. The second-order valence-corrected chi connectivity index (χ2v) is 6.29. The first-order valence-corrected chi connectivity index (χ1v) is 9.13. The largest absolute Gasteiger partial charge is 0.411 e. The summed E-state index contributed by atoms with van der Waals surface area (Å²) in [6.07, 6.45) is -4.32. The third-order valence-electron chi connectivity index (χ3n) is 3.84. The van der Waals surface area contributed by atoms with Gasteiger partial charge in [-0.25, -0.2) is 4.99 Å². The van der Waals surface area contributed by atoms with E-state index < -0.39 is 12.8 Å². The molecule has 0 unspecified atom stereocenters. The van der Waals surface area contributed by atoms with Crippen LogP contribution >= 0.6 is 24.0 Å². The third kappa shape index (κ3) is 9.93. The normalized spacial score (nSPS) is 11.4. The van der Waals surface area contributed by atoms with Crippen molar-refractivity contribution < 1.29 is 17.9 Å². The molecule has 0 radical (unpaired) electrons. The van der Waals surface area contributed by atoms with Crippen LogP contribution in [0.4, 0.5) is 13.2 Å². The van der Waals surface area contributed by atoms with Gasteiger partial charge in [-0.1, -0.05) is 36.4 Å². The summed E-state index contributed by atoms with van der Waals surface area (Å²) in [5, 5.41) is 15.3. The Kier molecular flexibility index (Phi) is 11.2. The van der Waals surface area contributed by atoms with Gasteiger partial charge in [0.05, 0.1) is 24.8 Å². The molecule has 2 N–H and O–H groups in total. The van der Waals surface area contributed by atoms with Crippen LogP contribution in [-0.2, 0) is 24.4 Å².